The molecule has 0 heterocycles. The highest BCUT2D eigenvalue weighted by Crippen LogP contribution is 2.19. The SMILES string of the molecule is COc1ccc(CCC(=O)N(C)Cc2ccc(N(C)C)cc2)cc1F. The molecule has 0 aliphatic carbocycles. The lowest BCUT2D eigenvalue weighted by molar-refractivity contribution is -0.130. The van der Waals surface area contributed by atoms with E-state index in [1.807, 2.05) is 43.3 Å². The number of carbonyl (C=O) groups is 1. The summed E-state index contributed by atoms with van der Waals surface area (Å²) in [6, 6.07) is 12.9. The first-order valence-corrected chi connectivity index (χ1v) is 8.23. The molecule has 0 fully saturated rings. The van der Waals surface area contributed by atoms with Gasteiger partial charge in [0.2, 0.25) is 5.91 Å². The first-order valence-electron chi connectivity index (χ1n) is 8.23. The third-order valence-corrected chi connectivity index (χ3v) is 4.14. The molecule has 0 saturated heterocycles. The molecule has 1 amide bonds. The number of hydrogen-bond acceptors (Lipinski definition) is 3. The van der Waals surface area contributed by atoms with Crippen LogP contribution in [0.5, 0.6) is 5.75 Å². The first kappa shape index (κ1) is 18.8. The fourth-order valence-corrected chi connectivity index (χ4v) is 2.57. The number of hydrogen-bond donors (Lipinski definition) is 0. The van der Waals surface area contributed by atoms with Crippen molar-refractivity contribution < 1.29 is 13.9 Å². The monoisotopic (exact) mass is 344 g/mol. The first-order chi connectivity index (χ1) is 11.9. The number of benzene rings is 2. The van der Waals surface area contributed by atoms with E-state index in [1.54, 1.807) is 24.1 Å². The van der Waals surface area contributed by atoms with Crippen LogP contribution >= 0.6 is 0 Å². The van der Waals surface area contributed by atoms with Gasteiger partial charge in [0.25, 0.3) is 0 Å². The molecule has 0 aliphatic heterocycles. The summed E-state index contributed by atoms with van der Waals surface area (Å²) in [7, 11) is 7.21. The molecule has 2 aromatic carbocycles. The van der Waals surface area contributed by atoms with E-state index < -0.39 is 5.82 Å². The Morgan fingerprint density at radius 2 is 1.68 bits per heavy atom. The Labute approximate surface area is 148 Å². The second-order valence-electron chi connectivity index (χ2n) is 6.28. The number of aryl methyl sites for hydroxylation is 1. The predicted molar refractivity (Wildman–Crippen MR) is 98.5 cm³/mol. The lowest BCUT2D eigenvalue weighted by Crippen LogP contribution is -2.26. The van der Waals surface area contributed by atoms with E-state index >= 15 is 0 Å². The average Bonchev–Trinajstić information content (AvgIpc) is 2.60. The quantitative estimate of drug-likeness (QED) is 0.771. The standard InChI is InChI=1S/C20H25FN2O2/c1-22(2)17-9-5-16(6-10-17)14-23(3)20(24)12-8-15-7-11-19(25-4)18(21)13-15/h5-7,9-11,13H,8,12,14H2,1-4H3. The molecule has 134 valence electrons. The number of carbonyl (C=O) groups excluding carboxylic acids is 1. The van der Waals surface area contributed by atoms with Crippen molar-refractivity contribution in [2.75, 3.05) is 33.2 Å². The number of ether oxygens (including phenoxy) is 1. The molecule has 0 spiro atoms. The summed E-state index contributed by atoms with van der Waals surface area (Å²) < 4.78 is 18.6. The lowest BCUT2D eigenvalue weighted by Gasteiger charge is -2.18. The smallest absolute Gasteiger partial charge is 0.222 e. The molecule has 4 nitrogen and oxygen atoms in total. The van der Waals surface area contributed by atoms with Crippen molar-refractivity contribution in [3.63, 3.8) is 0 Å². The van der Waals surface area contributed by atoms with E-state index in [1.165, 1.54) is 13.2 Å². The van der Waals surface area contributed by atoms with Gasteiger partial charge in [-0.3, -0.25) is 4.79 Å². The van der Waals surface area contributed by atoms with Crippen LogP contribution in [-0.4, -0.2) is 39.1 Å². The summed E-state index contributed by atoms with van der Waals surface area (Å²) in [5, 5.41) is 0. The molecule has 0 unspecified atom stereocenters. The molecule has 2 rings (SSSR count). The van der Waals surface area contributed by atoms with Crippen molar-refractivity contribution in [1.82, 2.24) is 4.90 Å². The summed E-state index contributed by atoms with van der Waals surface area (Å²) in [6.45, 7) is 0.559. The maximum absolute atomic E-state index is 13.7. The van der Waals surface area contributed by atoms with Crippen molar-refractivity contribution in [3.05, 3.63) is 59.4 Å². The van der Waals surface area contributed by atoms with E-state index in [0.29, 0.717) is 19.4 Å². The average molecular weight is 344 g/mol. The fraction of sp³-hybridized carbons (Fsp3) is 0.350. The van der Waals surface area contributed by atoms with Crippen LogP contribution in [0, 0.1) is 5.82 Å². The van der Waals surface area contributed by atoms with Gasteiger partial charge in [-0.15, -0.1) is 0 Å². The number of halogens is 1. The van der Waals surface area contributed by atoms with Crippen LogP contribution in [0.4, 0.5) is 10.1 Å². The number of methoxy groups -OCH3 is 1. The second kappa shape index (κ2) is 8.51. The zero-order valence-electron chi connectivity index (χ0n) is 15.3. The van der Waals surface area contributed by atoms with Crippen LogP contribution in [0.2, 0.25) is 0 Å². The highest BCUT2D eigenvalue weighted by atomic mass is 19.1. The zero-order chi connectivity index (χ0) is 18.4. The molecule has 0 aliphatic rings. The van der Waals surface area contributed by atoms with Gasteiger partial charge in [0.15, 0.2) is 11.6 Å². The largest absolute Gasteiger partial charge is 0.494 e. The minimum absolute atomic E-state index is 0.0351. The summed E-state index contributed by atoms with van der Waals surface area (Å²) >= 11 is 0. The van der Waals surface area contributed by atoms with Crippen molar-refractivity contribution >= 4 is 11.6 Å². The van der Waals surface area contributed by atoms with Crippen LogP contribution in [0.15, 0.2) is 42.5 Å². The Kier molecular flexibility index (Phi) is 6.39. The predicted octanol–water partition coefficient (Wildman–Crippen LogP) is 3.49. The Hall–Kier alpha value is -2.56. The van der Waals surface area contributed by atoms with Gasteiger partial charge in [0, 0.05) is 39.8 Å². The molecule has 0 saturated carbocycles. The van der Waals surface area contributed by atoms with Crippen LogP contribution in [-0.2, 0) is 17.8 Å². The van der Waals surface area contributed by atoms with E-state index in [0.717, 1.165) is 16.8 Å². The Balaban J connectivity index is 1.88. The Morgan fingerprint density at radius 3 is 2.24 bits per heavy atom. The lowest BCUT2D eigenvalue weighted by atomic mass is 10.1. The van der Waals surface area contributed by atoms with Crippen LogP contribution < -0.4 is 9.64 Å². The van der Waals surface area contributed by atoms with Crippen LogP contribution in [0.25, 0.3) is 0 Å². The van der Waals surface area contributed by atoms with Gasteiger partial charge in [-0.25, -0.2) is 4.39 Å². The number of rotatable bonds is 7. The van der Waals surface area contributed by atoms with Crippen molar-refractivity contribution in [1.29, 1.82) is 0 Å². The minimum atomic E-state index is -0.401. The van der Waals surface area contributed by atoms with Gasteiger partial charge in [-0.2, -0.15) is 0 Å². The van der Waals surface area contributed by atoms with E-state index in [-0.39, 0.29) is 11.7 Å². The Bertz CT molecular complexity index is 714. The maximum Gasteiger partial charge on any atom is 0.222 e. The van der Waals surface area contributed by atoms with Crippen molar-refractivity contribution in [2.45, 2.75) is 19.4 Å². The third-order valence-electron chi connectivity index (χ3n) is 4.14. The maximum atomic E-state index is 13.7. The molecule has 25 heavy (non-hydrogen) atoms. The van der Waals surface area contributed by atoms with Crippen molar-refractivity contribution in [3.8, 4) is 5.75 Å². The number of anilines is 1. The highest BCUT2D eigenvalue weighted by Gasteiger charge is 2.11. The molecule has 0 bridgehead atoms. The highest BCUT2D eigenvalue weighted by molar-refractivity contribution is 5.76. The molecule has 0 N–H and O–H groups in total. The van der Waals surface area contributed by atoms with Gasteiger partial charge >= 0.3 is 0 Å². The molecular formula is C20H25FN2O2. The molecule has 5 heteroatoms. The van der Waals surface area contributed by atoms with Crippen LogP contribution in [0.1, 0.15) is 17.5 Å². The van der Waals surface area contributed by atoms with Gasteiger partial charge in [-0.1, -0.05) is 18.2 Å². The Morgan fingerprint density at radius 1 is 1.04 bits per heavy atom. The summed E-state index contributed by atoms with van der Waals surface area (Å²) in [6.07, 6.45) is 0.849. The van der Waals surface area contributed by atoms with Gasteiger partial charge < -0.3 is 14.5 Å². The number of amides is 1. The van der Waals surface area contributed by atoms with E-state index in [4.69, 9.17) is 4.74 Å². The van der Waals surface area contributed by atoms with Gasteiger partial charge in [0.05, 0.1) is 7.11 Å². The van der Waals surface area contributed by atoms with Gasteiger partial charge in [-0.05, 0) is 41.8 Å². The van der Waals surface area contributed by atoms with E-state index in [2.05, 4.69) is 0 Å². The molecular weight excluding hydrogens is 319 g/mol. The molecule has 0 aromatic heterocycles. The second-order valence-corrected chi connectivity index (χ2v) is 6.28. The van der Waals surface area contributed by atoms with Crippen molar-refractivity contribution in [2.24, 2.45) is 0 Å². The molecule has 0 radical (unpaired) electrons. The third kappa shape index (κ3) is 5.21. The molecule has 2 aromatic rings. The summed E-state index contributed by atoms with van der Waals surface area (Å²) in [5.74, 6) is -0.150. The zero-order valence-corrected chi connectivity index (χ0v) is 15.3. The molecule has 0 atom stereocenters. The summed E-state index contributed by atoms with van der Waals surface area (Å²) in [4.78, 5) is 16.0. The summed E-state index contributed by atoms with van der Waals surface area (Å²) in [5.41, 5.74) is 2.99. The van der Waals surface area contributed by atoms with E-state index in [9.17, 15) is 9.18 Å². The number of nitrogens with zero attached hydrogens (tertiary/aromatic N) is 2. The van der Waals surface area contributed by atoms with Crippen LogP contribution in [0.3, 0.4) is 0 Å². The minimum Gasteiger partial charge on any atom is -0.494 e. The normalized spacial score (nSPS) is 10.4. The van der Waals surface area contributed by atoms with Gasteiger partial charge in [0.1, 0.15) is 0 Å². The topological polar surface area (TPSA) is 32.8 Å². The fourth-order valence-electron chi connectivity index (χ4n) is 2.57.